The van der Waals surface area contributed by atoms with Crippen molar-refractivity contribution in [2.24, 2.45) is 0 Å². The molecule has 0 spiro atoms. The predicted octanol–water partition coefficient (Wildman–Crippen LogP) is 4.10. The summed E-state index contributed by atoms with van der Waals surface area (Å²) in [7, 11) is 0. The number of amides is 1. The number of carbonyl (C=O) groups is 1. The number of pyridine rings is 1. The van der Waals surface area contributed by atoms with Gasteiger partial charge in [0.1, 0.15) is 9.30 Å². The van der Waals surface area contributed by atoms with Crippen LogP contribution in [-0.2, 0) is 4.74 Å². The van der Waals surface area contributed by atoms with Gasteiger partial charge in [0.2, 0.25) is 0 Å². The molecule has 6 heteroatoms. The SMILES string of the molecule is Cc1c(Br)cnc(I)c1NC(=O)OC(C)(C)C. The smallest absolute Gasteiger partial charge is 0.412 e. The molecule has 1 heterocycles. The average molecular weight is 413 g/mol. The second-order valence-electron chi connectivity index (χ2n) is 4.52. The molecule has 4 nitrogen and oxygen atoms in total. The zero-order valence-corrected chi connectivity index (χ0v) is 13.8. The lowest BCUT2D eigenvalue weighted by Gasteiger charge is -2.20. The summed E-state index contributed by atoms with van der Waals surface area (Å²) < 4.78 is 6.78. The standard InChI is InChI=1S/C11H14BrIN2O2/c1-6-7(12)5-14-9(13)8(6)15-10(16)17-11(2,3)4/h5H,1-4H3,(H,15,16). The van der Waals surface area contributed by atoms with E-state index in [1.54, 1.807) is 6.20 Å². The minimum absolute atomic E-state index is 0.474. The molecule has 0 fully saturated rings. The predicted molar refractivity (Wildman–Crippen MR) is 79.2 cm³/mol. The van der Waals surface area contributed by atoms with E-state index in [-0.39, 0.29) is 0 Å². The van der Waals surface area contributed by atoms with Crippen molar-refractivity contribution in [2.75, 3.05) is 5.32 Å². The normalized spacial score (nSPS) is 11.2. The third kappa shape index (κ3) is 4.42. The van der Waals surface area contributed by atoms with Crippen LogP contribution in [-0.4, -0.2) is 16.7 Å². The molecule has 1 N–H and O–H groups in total. The van der Waals surface area contributed by atoms with Crippen LogP contribution in [0.15, 0.2) is 10.7 Å². The van der Waals surface area contributed by atoms with E-state index in [9.17, 15) is 4.79 Å². The van der Waals surface area contributed by atoms with Crippen molar-refractivity contribution in [2.45, 2.75) is 33.3 Å². The number of hydrogen-bond acceptors (Lipinski definition) is 3. The van der Waals surface area contributed by atoms with Gasteiger partial charge in [-0.25, -0.2) is 9.78 Å². The number of hydrogen-bond donors (Lipinski definition) is 1. The lowest BCUT2D eigenvalue weighted by Crippen LogP contribution is -2.27. The van der Waals surface area contributed by atoms with Gasteiger partial charge in [-0.2, -0.15) is 0 Å². The largest absolute Gasteiger partial charge is 0.444 e. The maximum absolute atomic E-state index is 11.7. The van der Waals surface area contributed by atoms with Crippen LogP contribution < -0.4 is 5.32 Å². The second kappa shape index (κ2) is 5.51. The molecule has 0 aromatic carbocycles. The first-order chi connectivity index (χ1) is 7.70. The topological polar surface area (TPSA) is 51.2 Å². The van der Waals surface area contributed by atoms with E-state index in [2.05, 4.69) is 48.8 Å². The van der Waals surface area contributed by atoms with Crippen molar-refractivity contribution in [1.29, 1.82) is 0 Å². The second-order valence-corrected chi connectivity index (χ2v) is 6.40. The van der Waals surface area contributed by atoms with E-state index in [4.69, 9.17) is 4.74 Å². The van der Waals surface area contributed by atoms with Gasteiger partial charge in [-0.3, -0.25) is 5.32 Å². The monoisotopic (exact) mass is 412 g/mol. The lowest BCUT2D eigenvalue weighted by molar-refractivity contribution is 0.0635. The van der Waals surface area contributed by atoms with E-state index in [1.165, 1.54) is 0 Å². The summed E-state index contributed by atoms with van der Waals surface area (Å²) in [4.78, 5) is 15.8. The number of aromatic nitrogens is 1. The summed E-state index contributed by atoms with van der Waals surface area (Å²) in [6.45, 7) is 7.37. The van der Waals surface area contributed by atoms with Gasteiger partial charge in [-0.15, -0.1) is 0 Å². The van der Waals surface area contributed by atoms with Crippen LogP contribution in [0.2, 0.25) is 0 Å². The fraction of sp³-hybridized carbons (Fsp3) is 0.455. The highest BCUT2D eigenvalue weighted by Crippen LogP contribution is 2.27. The maximum atomic E-state index is 11.7. The Kier molecular flexibility index (Phi) is 4.77. The molecule has 0 atom stereocenters. The summed E-state index contributed by atoms with van der Waals surface area (Å²) in [6, 6.07) is 0. The van der Waals surface area contributed by atoms with Gasteiger partial charge < -0.3 is 4.74 Å². The third-order valence-electron chi connectivity index (χ3n) is 1.86. The molecule has 0 radical (unpaired) electrons. The van der Waals surface area contributed by atoms with E-state index < -0.39 is 11.7 Å². The van der Waals surface area contributed by atoms with Crippen LogP contribution in [0.4, 0.5) is 10.5 Å². The first-order valence-electron chi connectivity index (χ1n) is 5.01. The number of rotatable bonds is 1. The molecular weight excluding hydrogens is 399 g/mol. The molecule has 1 rings (SSSR count). The molecule has 0 aliphatic heterocycles. The van der Waals surface area contributed by atoms with Crippen LogP contribution in [0.5, 0.6) is 0 Å². The molecule has 94 valence electrons. The van der Waals surface area contributed by atoms with Crippen molar-refractivity contribution >= 4 is 50.3 Å². The Morgan fingerprint density at radius 1 is 1.53 bits per heavy atom. The van der Waals surface area contributed by atoms with E-state index in [0.29, 0.717) is 5.69 Å². The molecule has 0 aliphatic rings. The van der Waals surface area contributed by atoms with Crippen LogP contribution in [0.1, 0.15) is 26.3 Å². The summed E-state index contributed by atoms with van der Waals surface area (Å²) in [5.74, 6) is 0. The average Bonchev–Trinajstić information content (AvgIpc) is 2.16. The third-order valence-corrected chi connectivity index (χ3v) is 3.47. The number of ether oxygens (including phenoxy) is 1. The molecular formula is C11H14BrIN2O2. The van der Waals surface area contributed by atoms with E-state index in [1.807, 2.05) is 27.7 Å². The summed E-state index contributed by atoms with van der Waals surface area (Å²) in [6.07, 6.45) is 1.23. The lowest BCUT2D eigenvalue weighted by atomic mass is 10.2. The van der Waals surface area contributed by atoms with Gasteiger partial charge >= 0.3 is 6.09 Å². The van der Waals surface area contributed by atoms with Crippen molar-refractivity contribution in [1.82, 2.24) is 4.98 Å². The van der Waals surface area contributed by atoms with Gasteiger partial charge in [0.25, 0.3) is 0 Å². The highest BCUT2D eigenvalue weighted by Gasteiger charge is 2.18. The first kappa shape index (κ1) is 14.7. The molecule has 0 bridgehead atoms. The molecule has 0 saturated carbocycles. The Balaban J connectivity index is 2.89. The Hall–Kier alpha value is -0.370. The molecule has 0 saturated heterocycles. The first-order valence-corrected chi connectivity index (χ1v) is 6.88. The van der Waals surface area contributed by atoms with Gasteiger partial charge in [-0.05, 0) is 71.8 Å². The van der Waals surface area contributed by atoms with Crippen LogP contribution in [0, 0.1) is 10.6 Å². The van der Waals surface area contributed by atoms with Crippen molar-refractivity contribution in [3.63, 3.8) is 0 Å². The van der Waals surface area contributed by atoms with Crippen LogP contribution in [0.25, 0.3) is 0 Å². The Morgan fingerprint density at radius 3 is 2.65 bits per heavy atom. The van der Waals surface area contributed by atoms with E-state index >= 15 is 0 Å². The fourth-order valence-corrected chi connectivity index (χ4v) is 2.08. The molecule has 17 heavy (non-hydrogen) atoms. The summed E-state index contributed by atoms with van der Waals surface area (Å²) in [5, 5.41) is 2.71. The molecule has 1 aromatic heterocycles. The zero-order valence-electron chi connectivity index (χ0n) is 10.1. The van der Waals surface area contributed by atoms with Crippen LogP contribution in [0.3, 0.4) is 0 Å². The number of anilines is 1. The minimum Gasteiger partial charge on any atom is -0.444 e. The zero-order chi connectivity index (χ0) is 13.2. The van der Waals surface area contributed by atoms with Gasteiger partial charge in [-0.1, -0.05) is 0 Å². The number of nitrogens with one attached hydrogen (secondary N) is 1. The maximum Gasteiger partial charge on any atom is 0.412 e. The molecule has 0 aliphatic carbocycles. The number of nitrogens with zero attached hydrogens (tertiary/aromatic N) is 1. The Labute approximate surface area is 123 Å². The molecule has 1 aromatic rings. The van der Waals surface area contributed by atoms with Crippen molar-refractivity contribution in [3.05, 3.63) is 19.9 Å². The van der Waals surface area contributed by atoms with Crippen molar-refractivity contribution < 1.29 is 9.53 Å². The number of halogens is 2. The minimum atomic E-state index is -0.511. The highest BCUT2D eigenvalue weighted by molar-refractivity contribution is 14.1. The van der Waals surface area contributed by atoms with Gasteiger partial charge in [0.05, 0.1) is 5.69 Å². The quantitative estimate of drug-likeness (QED) is 0.557. The summed E-state index contributed by atoms with van der Waals surface area (Å²) in [5.41, 5.74) is 1.09. The Morgan fingerprint density at radius 2 is 2.12 bits per heavy atom. The number of carbonyl (C=O) groups excluding carboxylic acids is 1. The van der Waals surface area contributed by atoms with Crippen LogP contribution >= 0.6 is 38.5 Å². The Bertz CT molecular complexity index is 444. The van der Waals surface area contributed by atoms with Crippen molar-refractivity contribution in [3.8, 4) is 0 Å². The fourth-order valence-electron chi connectivity index (χ4n) is 1.10. The van der Waals surface area contributed by atoms with Gasteiger partial charge in [0.15, 0.2) is 0 Å². The van der Waals surface area contributed by atoms with Gasteiger partial charge in [0, 0.05) is 10.7 Å². The summed E-state index contributed by atoms with van der Waals surface area (Å²) >= 11 is 5.44. The van der Waals surface area contributed by atoms with E-state index in [0.717, 1.165) is 13.7 Å². The highest BCUT2D eigenvalue weighted by atomic mass is 127. The molecule has 1 amide bonds. The molecule has 0 unspecified atom stereocenters.